The highest BCUT2D eigenvalue weighted by molar-refractivity contribution is 7.99. The van der Waals surface area contributed by atoms with Crippen molar-refractivity contribution in [2.45, 2.75) is 45.2 Å². The van der Waals surface area contributed by atoms with Crippen LogP contribution in [0, 0.1) is 0 Å². The number of nitrogens with one attached hydrogen (secondary N) is 2. The molecule has 0 aromatic rings. The molecule has 0 bridgehead atoms. The van der Waals surface area contributed by atoms with Crippen molar-refractivity contribution in [2.24, 2.45) is 0 Å². The number of amides is 2. The third-order valence-corrected chi connectivity index (χ3v) is 3.47. The molecule has 0 heterocycles. The summed E-state index contributed by atoms with van der Waals surface area (Å²) in [4.78, 5) is 32.4. The van der Waals surface area contributed by atoms with Gasteiger partial charge in [0.1, 0.15) is 6.04 Å². The lowest BCUT2D eigenvalue weighted by molar-refractivity contribution is -0.140. The molecule has 0 aliphatic heterocycles. The van der Waals surface area contributed by atoms with Crippen LogP contribution in [0.15, 0.2) is 0 Å². The highest BCUT2D eigenvalue weighted by Crippen LogP contribution is 2.05. The van der Waals surface area contributed by atoms with E-state index in [9.17, 15) is 14.4 Å². The van der Waals surface area contributed by atoms with Gasteiger partial charge in [-0.25, -0.2) is 4.79 Å². The molecule has 3 N–H and O–H groups in total. The van der Waals surface area contributed by atoms with Gasteiger partial charge >= 0.3 is 5.97 Å². The van der Waals surface area contributed by atoms with Crippen LogP contribution in [0.1, 0.15) is 33.1 Å². The van der Waals surface area contributed by atoms with Gasteiger partial charge in [-0.2, -0.15) is 11.8 Å². The van der Waals surface area contributed by atoms with Crippen LogP contribution < -0.4 is 10.6 Å². The van der Waals surface area contributed by atoms with Gasteiger partial charge in [-0.3, -0.25) is 9.59 Å². The van der Waals surface area contributed by atoms with Crippen molar-refractivity contribution < 1.29 is 19.5 Å². The molecular weight excluding hydrogens is 268 g/mol. The van der Waals surface area contributed by atoms with E-state index in [0.717, 1.165) is 12.8 Å². The second-order valence-electron chi connectivity index (χ2n) is 4.27. The smallest absolute Gasteiger partial charge is 0.326 e. The Morgan fingerprint density at radius 3 is 2.58 bits per heavy atom. The van der Waals surface area contributed by atoms with Gasteiger partial charge in [0.25, 0.3) is 0 Å². The lowest BCUT2D eigenvalue weighted by atomic mass is 10.2. The number of aliphatic carboxylic acids is 1. The van der Waals surface area contributed by atoms with E-state index in [-0.39, 0.29) is 11.9 Å². The number of hydrogen-bond acceptors (Lipinski definition) is 4. The summed E-state index contributed by atoms with van der Waals surface area (Å²) in [6, 6.07) is -0.714. The molecular formula is C12H22N2O4S. The Morgan fingerprint density at radius 1 is 1.37 bits per heavy atom. The van der Waals surface area contributed by atoms with E-state index in [0.29, 0.717) is 24.3 Å². The summed E-state index contributed by atoms with van der Waals surface area (Å²) in [6.07, 6.45) is 2.64. The Hall–Kier alpha value is -1.24. The van der Waals surface area contributed by atoms with E-state index >= 15 is 0 Å². The number of carboxylic acids is 1. The van der Waals surface area contributed by atoms with Gasteiger partial charge in [0.2, 0.25) is 12.3 Å². The molecule has 0 radical (unpaired) electrons. The van der Waals surface area contributed by atoms with Crippen molar-refractivity contribution in [3.8, 4) is 0 Å². The molecule has 0 saturated carbocycles. The highest BCUT2D eigenvalue weighted by atomic mass is 32.2. The van der Waals surface area contributed by atoms with E-state index in [4.69, 9.17) is 5.11 Å². The Kier molecular flexibility index (Phi) is 9.97. The quantitative estimate of drug-likeness (QED) is 0.383. The number of carbonyl (C=O) groups excluding carboxylic acids is 2. The summed E-state index contributed by atoms with van der Waals surface area (Å²) in [5, 5.41) is 13.9. The van der Waals surface area contributed by atoms with Gasteiger partial charge in [-0.05, 0) is 25.5 Å². The maximum atomic E-state index is 11.5. The topological polar surface area (TPSA) is 95.5 Å². The predicted molar refractivity (Wildman–Crippen MR) is 75.1 cm³/mol. The summed E-state index contributed by atoms with van der Waals surface area (Å²) in [6.45, 7) is 4.02. The third kappa shape index (κ3) is 9.35. The SMILES string of the molecule is CCCC(C)NC(=O)CSCCC(NC=O)C(=O)O. The van der Waals surface area contributed by atoms with E-state index in [1.807, 2.05) is 6.92 Å². The summed E-state index contributed by atoms with van der Waals surface area (Å²) in [7, 11) is 0. The molecule has 0 fully saturated rings. The van der Waals surface area contributed by atoms with Crippen molar-refractivity contribution in [3.05, 3.63) is 0 Å². The second-order valence-corrected chi connectivity index (χ2v) is 5.38. The minimum Gasteiger partial charge on any atom is -0.480 e. The van der Waals surface area contributed by atoms with Crippen molar-refractivity contribution in [1.29, 1.82) is 0 Å². The van der Waals surface area contributed by atoms with Crippen molar-refractivity contribution in [3.63, 3.8) is 0 Å². The van der Waals surface area contributed by atoms with Crippen molar-refractivity contribution >= 4 is 30.0 Å². The first kappa shape index (κ1) is 17.8. The first-order valence-corrected chi connectivity index (χ1v) is 7.46. The fraction of sp³-hybridized carbons (Fsp3) is 0.750. The number of carbonyl (C=O) groups is 3. The van der Waals surface area contributed by atoms with Crippen LogP contribution in [-0.2, 0) is 14.4 Å². The molecule has 19 heavy (non-hydrogen) atoms. The predicted octanol–water partition coefficient (Wildman–Crippen LogP) is 0.614. The first-order chi connectivity index (χ1) is 9.01. The van der Waals surface area contributed by atoms with Crippen LogP contribution in [0.3, 0.4) is 0 Å². The second kappa shape index (κ2) is 10.7. The molecule has 2 amide bonds. The maximum Gasteiger partial charge on any atom is 0.326 e. The Bertz CT molecular complexity index is 299. The average Bonchev–Trinajstić information content (AvgIpc) is 2.33. The molecule has 0 saturated heterocycles. The molecule has 7 heteroatoms. The van der Waals surface area contributed by atoms with Gasteiger partial charge in [0, 0.05) is 6.04 Å². The van der Waals surface area contributed by atoms with Crippen LogP contribution in [-0.4, -0.2) is 47.0 Å². The largest absolute Gasteiger partial charge is 0.480 e. The number of rotatable bonds is 11. The summed E-state index contributed by atoms with van der Waals surface area (Å²) in [5.74, 6) is -0.288. The molecule has 0 aliphatic carbocycles. The summed E-state index contributed by atoms with van der Waals surface area (Å²) >= 11 is 1.36. The molecule has 0 aromatic carbocycles. The third-order valence-electron chi connectivity index (χ3n) is 2.48. The fourth-order valence-corrected chi connectivity index (χ4v) is 2.36. The zero-order valence-corrected chi connectivity index (χ0v) is 12.2. The van der Waals surface area contributed by atoms with Crippen LogP contribution in [0.25, 0.3) is 0 Å². The van der Waals surface area contributed by atoms with Gasteiger partial charge in [0.05, 0.1) is 5.75 Å². The van der Waals surface area contributed by atoms with Gasteiger partial charge in [-0.15, -0.1) is 0 Å². The lowest BCUT2D eigenvalue weighted by Crippen LogP contribution is -2.36. The van der Waals surface area contributed by atoms with Crippen molar-refractivity contribution in [2.75, 3.05) is 11.5 Å². The van der Waals surface area contributed by atoms with Gasteiger partial charge in [0.15, 0.2) is 0 Å². The summed E-state index contributed by atoms with van der Waals surface area (Å²) in [5.41, 5.74) is 0. The molecule has 0 spiro atoms. The normalized spacial score (nSPS) is 13.4. The van der Waals surface area contributed by atoms with Crippen LogP contribution in [0.4, 0.5) is 0 Å². The van der Waals surface area contributed by atoms with Crippen LogP contribution in [0.5, 0.6) is 0 Å². The standard InChI is InChI=1S/C12H22N2O4S/c1-3-4-9(2)14-11(16)7-19-6-5-10(12(17)18)13-8-15/h8-10H,3-7H2,1-2H3,(H,13,15)(H,14,16)(H,17,18). The Balaban J connectivity index is 3.75. The zero-order chi connectivity index (χ0) is 14.7. The number of carboxylic acid groups (broad SMARTS) is 1. The highest BCUT2D eigenvalue weighted by Gasteiger charge is 2.15. The van der Waals surface area contributed by atoms with E-state index in [1.165, 1.54) is 11.8 Å². The minimum atomic E-state index is -1.06. The molecule has 0 aromatic heterocycles. The maximum absolute atomic E-state index is 11.5. The van der Waals surface area contributed by atoms with Crippen LogP contribution >= 0.6 is 11.8 Å². The molecule has 2 atom stereocenters. The summed E-state index contributed by atoms with van der Waals surface area (Å²) < 4.78 is 0. The number of thioether (sulfide) groups is 1. The minimum absolute atomic E-state index is 0.0406. The van der Waals surface area contributed by atoms with Crippen molar-refractivity contribution in [1.82, 2.24) is 10.6 Å². The molecule has 6 nitrogen and oxygen atoms in total. The van der Waals surface area contributed by atoms with Crippen LogP contribution in [0.2, 0.25) is 0 Å². The molecule has 110 valence electrons. The van der Waals surface area contributed by atoms with Gasteiger partial charge < -0.3 is 15.7 Å². The fourth-order valence-electron chi connectivity index (χ4n) is 1.55. The van der Waals surface area contributed by atoms with E-state index < -0.39 is 12.0 Å². The van der Waals surface area contributed by atoms with E-state index in [1.54, 1.807) is 0 Å². The first-order valence-electron chi connectivity index (χ1n) is 6.30. The molecule has 0 rings (SSSR count). The van der Waals surface area contributed by atoms with E-state index in [2.05, 4.69) is 17.6 Å². The number of hydrogen-bond donors (Lipinski definition) is 3. The lowest BCUT2D eigenvalue weighted by Gasteiger charge is -2.13. The monoisotopic (exact) mass is 290 g/mol. The molecule has 2 unspecified atom stereocenters. The zero-order valence-electron chi connectivity index (χ0n) is 11.3. The Labute approximate surface area is 117 Å². The van der Waals surface area contributed by atoms with Gasteiger partial charge in [-0.1, -0.05) is 13.3 Å². The average molecular weight is 290 g/mol. The molecule has 0 aliphatic rings. The Morgan fingerprint density at radius 2 is 2.05 bits per heavy atom.